The highest BCUT2D eigenvalue weighted by atomic mass is 16.5. The molecule has 90 valence electrons. The monoisotopic (exact) mass is 224 g/mol. The van der Waals surface area contributed by atoms with E-state index in [0.29, 0.717) is 12.5 Å². The van der Waals surface area contributed by atoms with Crippen LogP contribution in [0.1, 0.15) is 30.8 Å². The van der Waals surface area contributed by atoms with Gasteiger partial charge in [0.2, 0.25) is 0 Å². The highest BCUT2D eigenvalue weighted by Gasteiger charge is 2.17. The smallest absolute Gasteiger partial charge is 0.194 e. The van der Waals surface area contributed by atoms with E-state index in [1.54, 1.807) is 6.26 Å². The molecule has 0 radical (unpaired) electrons. The third-order valence-corrected chi connectivity index (χ3v) is 2.95. The van der Waals surface area contributed by atoms with Crippen LogP contribution in [0.2, 0.25) is 0 Å². The molecule has 0 aliphatic carbocycles. The Labute approximate surface area is 96.2 Å². The zero-order valence-corrected chi connectivity index (χ0v) is 9.65. The summed E-state index contributed by atoms with van der Waals surface area (Å²) in [4.78, 5) is 4.46. The van der Waals surface area contributed by atoms with Crippen LogP contribution in [0.4, 0.5) is 0 Å². The van der Waals surface area contributed by atoms with Crippen LogP contribution in [0, 0.1) is 5.92 Å². The van der Waals surface area contributed by atoms with Crippen LogP contribution >= 0.6 is 0 Å². The summed E-state index contributed by atoms with van der Waals surface area (Å²) in [5.74, 6) is 1.43. The molecule has 4 nitrogen and oxygen atoms in total. The van der Waals surface area contributed by atoms with Crippen molar-refractivity contribution < 1.29 is 9.15 Å². The van der Waals surface area contributed by atoms with Crippen molar-refractivity contribution in [3.8, 4) is 0 Å². The van der Waals surface area contributed by atoms with Crippen LogP contribution in [0.15, 0.2) is 10.7 Å². The molecule has 1 unspecified atom stereocenters. The molecule has 1 aromatic rings. The maximum atomic E-state index is 5.46. The zero-order valence-electron chi connectivity index (χ0n) is 9.65. The Morgan fingerprint density at radius 1 is 1.50 bits per heavy atom. The molecule has 1 aliphatic rings. The van der Waals surface area contributed by atoms with Crippen molar-refractivity contribution in [1.29, 1.82) is 0 Å². The summed E-state index contributed by atoms with van der Waals surface area (Å²) in [6, 6.07) is 0. The second-order valence-electron chi connectivity index (χ2n) is 4.41. The van der Waals surface area contributed by atoms with Gasteiger partial charge in [-0.1, -0.05) is 0 Å². The van der Waals surface area contributed by atoms with E-state index in [1.807, 2.05) is 0 Å². The molecule has 0 bridgehead atoms. The number of aromatic nitrogens is 1. The minimum Gasteiger partial charge on any atom is -0.449 e. The van der Waals surface area contributed by atoms with Gasteiger partial charge in [0.15, 0.2) is 5.89 Å². The van der Waals surface area contributed by atoms with E-state index < -0.39 is 0 Å². The Hall–Kier alpha value is -0.870. The van der Waals surface area contributed by atoms with Crippen LogP contribution in [-0.2, 0) is 17.6 Å². The van der Waals surface area contributed by atoms with Gasteiger partial charge >= 0.3 is 0 Å². The second-order valence-corrected chi connectivity index (χ2v) is 4.41. The Morgan fingerprint density at radius 2 is 2.44 bits per heavy atom. The van der Waals surface area contributed by atoms with Crippen molar-refractivity contribution in [1.82, 2.24) is 4.98 Å². The van der Waals surface area contributed by atoms with Gasteiger partial charge in [0, 0.05) is 19.6 Å². The number of ether oxygens (including phenoxy) is 1. The fraction of sp³-hybridized carbons (Fsp3) is 0.750. The molecule has 0 saturated carbocycles. The summed E-state index contributed by atoms with van der Waals surface area (Å²) < 4.78 is 10.9. The van der Waals surface area contributed by atoms with Gasteiger partial charge in [0.25, 0.3) is 0 Å². The van der Waals surface area contributed by atoms with Gasteiger partial charge in [-0.3, -0.25) is 0 Å². The van der Waals surface area contributed by atoms with Gasteiger partial charge in [-0.15, -0.1) is 0 Å². The lowest BCUT2D eigenvalue weighted by Gasteiger charge is -2.20. The molecule has 2 heterocycles. The summed E-state index contributed by atoms with van der Waals surface area (Å²) in [5.41, 5.74) is 6.48. The molecule has 1 fully saturated rings. The minimum atomic E-state index is 0.578. The van der Waals surface area contributed by atoms with E-state index in [4.69, 9.17) is 14.9 Å². The SMILES string of the molecule is NCCCc1coc(CC2CCCOC2)n1. The molecule has 2 rings (SSSR count). The molecule has 0 aromatic carbocycles. The topological polar surface area (TPSA) is 61.3 Å². The predicted molar refractivity (Wildman–Crippen MR) is 61.1 cm³/mol. The van der Waals surface area contributed by atoms with Crippen molar-refractivity contribution in [3.63, 3.8) is 0 Å². The first-order valence-electron chi connectivity index (χ1n) is 6.09. The van der Waals surface area contributed by atoms with Crippen LogP contribution in [0.5, 0.6) is 0 Å². The summed E-state index contributed by atoms with van der Waals surface area (Å²) >= 11 is 0. The quantitative estimate of drug-likeness (QED) is 0.824. The van der Waals surface area contributed by atoms with E-state index in [1.165, 1.54) is 6.42 Å². The fourth-order valence-corrected chi connectivity index (χ4v) is 2.06. The number of rotatable bonds is 5. The molecular weight excluding hydrogens is 204 g/mol. The normalized spacial score (nSPS) is 21.2. The molecule has 2 N–H and O–H groups in total. The molecule has 1 saturated heterocycles. The number of nitrogens with two attached hydrogens (primary N) is 1. The number of nitrogens with zero attached hydrogens (tertiary/aromatic N) is 1. The second kappa shape index (κ2) is 6.01. The molecule has 0 amide bonds. The Balaban J connectivity index is 1.81. The molecule has 4 heteroatoms. The maximum Gasteiger partial charge on any atom is 0.194 e. The molecule has 16 heavy (non-hydrogen) atoms. The van der Waals surface area contributed by atoms with E-state index in [2.05, 4.69) is 4.98 Å². The minimum absolute atomic E-state index is 0.578. The average Bonchev–Trinajstić information content (AvgIpc) is 2.75. The Bertz CT molecular complexity index is 306. The first-order valence-corrected chi connectivity index (χ1v) is 6.09. The summed E-state index contributed by atoms with van der Waals surface area (Å²) in [6.07, 6.45) is 6.93. The highest BCUT2D eigenvalue weighted by molar-refractivity contribution is 4.97. The van der Waals surface area contributed by atoms with Crippen molar-refractivity contribution in [3.05, 3.63) is 17.8 Å². The van der Waals surface area contributed by atoms with Crippen molar-refractivity contribution in [2.75, 3.05) is 19.8 Å². The average molecular weight is 224 g/mol. The highest BCUT2D eigenvalue weighted by Crippen LogP contribution is 2.18. The predicted octanol–water partition coefficient (Wildman–Crippen LogP) is 1.53. The number of hydrogen-bond acceptors (Lipinski definition) is 4. The Kier molecular flexibility index (Phi) is 4.36. The maximum absolute atomic E-state index is 5.46. The van der Waals surface area contributed by atoms with Gasteiger partial charge < -0.3 is 14.9 Å². The Morgan fingerprint density at radius 3 is 3.19 bits per heavy atom. The van der Waals surface area contributed by atoms with Gasteiger partial charge in [0.1, 0.15) is 6.26 Å². The van der Waals surface area contributed by atoms with Crippen LogP contribution in [-0.4, -0.2) is 24.7 Å². The van der Waals surface area contributed by atoms with Crippen molar-refractivity contribution >= 4 is 0 Å². The zero-order chi connectivity index (χ0) is 11.2. The van der Waals surface area contributed by atoms with E-state index in [-0.39, 0.29) is 0 Å². The standard InChI is InChI=1S/C12H20N2O2/c13-5-1-4-11-9-16-12(14-11)7-10-3-2-6-15-8-10/h9-10H,1-8,13H2. The van der Waals surface area contributed by atoms with Gasteiger partial charge in [-0.25, -0.2) is 4.98 Å². The molecule has 1 aliphatic heterocycles. The summed E-state index contributed by atoms with van der Waals surface area (Å²) in [5, 5.41) is 0. The molecule has 1 aromatic heterocycles. The van der Waals surface area contributed by atoms with E-state index in [0.717, 1.165) is 50.5 Å². The summed E-state index contributed by atoms with van der Waals surface area (Å²) in [7, 11) is 0. The van der Waals surface area contributed by atoms with E-state index in [9.17, 15) is 0 Å². The van der Waals surface area contributed by atoms with Gasteiger partial charge in [-0.05, 0) is 38.1 Å². The first kappa shape index (κ1) is 11.6. The number of aryl methyl sites for hydroxylation is 1. The largest absolute Gasteiger partial charge is 0.449 e. The molecule has 1 atom stereocenters. The van der Waals surface area contributed by atoms with Crippen LogP contribution in [0.25, 0.3) is 0 Å². The third kappa shape index (κ3) is 3.32. The van der Waals surface area contributed by atoms with Crippen molar-refractivity contribution in [2.45, 2.75) is 32.1 Å². The molecule has 0 spiro atoms. The molecular formula is C12H20N2O2. The lowest BCUT2D eigenvalue weighted by Crippen LogP contribution is -2.19. The third-order valence-electron chi connectivity index (χ3n) is 2.95. The van der Waals surface area contributed by atoms with Crippen LogP contribution in [0.3, 0.4) is 0 Å². The van der Waals surface area contributed by atoms with Gasteiger partial charge in [0.05, 0.1) is 5.69 Å². The lowest BCUT2D eigenvalue weighted by atomic mass is 9.99. The van der Waals surface area contributed by atoms with E-state index >= 15 is 0 Å². The lowest BCUT2D eigenvalue weighted by molar-refractivity contribution is 0.0526. The van der Waals surface area contributed by atoms with Gasteiger partial charge in [-0.2, -0.15) is 0 Å². The summed E-state index contributed by atoms with van der Waals surface area (Å²) in [6.45, 7) is 2.46. The van der Waals surface area contributed by atoms with Crippen molar-refractivity contribution in [2.24, 2.45) is 11.7 Å². The fourth-order valence-electron chi connectivity index (χ4n) is 2.06. The first-order chi connectivity index (χ1) is 7.88. The van der Waals surface area contributed by atoms with Crippen LogP contribution < -0.4 is 5.73 Å². The number of oxazole rings is 1. The number of hydrogen-bond donors (Lipinski definition) is 1.